The van der Waals surface area contributed by atoms with E-state index in [0.717, 1.165) is 17.7 Å². The number of aryl methyl sites for hydroxylation is 1. The normalized spacial score (nSPS) is 10.7. The van der Waals surface area contributed by atoms with E-state index in [9.17, 15) is 0 Å². The number of hydrogen-bond donors (Lipinski definition) is 1. The molecule has 12 heavy (non-hydrogen) atoms. The number of aromatic nitrogens is 1. The van der Waals surface area contributed by atoms with Crippen molar-refractivity contribution >= 4 is 5.82 Å². The van der Waals surface area contributed by atoms with Crippen molar-refractivity contribution in [2.24, 2.45) is 0 Å². The first-order chi connectivity index (χ1) is 5.59. The lowest BCUT2D eigenvalue weighted by atomic mass is 10.2. The van der Waals surface area contributed by atoms with Gasteiger partial charge in [0, 0.05) is 18.3 Å². The van der Waals surface area contributed by atoms with Crippen molar-refractivity contribution in [2.45, 2.75) is 13.5 Å². The molecule has 0 unspecified atom stereocenters. The van der Waals surface area contributed by atoms with Crippen LogP contribution in [0.5, 0.6) is 0 Å². The van der Waals surface area contributed by atoms with Crippen LogP contribution in [-0.4, -0.2) is 24.0 Å². The topological polar surface area (TPSA) is 42.1 Å². The van der Waals surface area contributed by atoms with Crippen LogP contribution in [0.2, 0.25) is 0 Å². The van der Waals surface area contributed by atoms with Crippen LogP contribution < -0.4 is 5.73 Å². The van der Waals surface area contributed by atoms with E-state index in [4.69, 9.17) is 5.73 Å². The molecular weight excluding hydrogens is 150 g/mol. The Labute approximate surface area is 73.2 Å². The maximum absolute atomic E-state index is 5.70. The van der Waals surface area contributed by atoms with Crippen molar-refractivity contribution in [2.75, 3.05) is 19.8 Å². The van der Waals surface area contributed by atoms with E-state index in [2.05, 4.69) is 16.0 Å². The molecule has 1 heterocycles. The van der Waals surface area contributed by atoms with Crippen LogP contribution in [0.4, 0.5) is 5.82 Å². The summed E-state index contributed by atoms with van der Waals surface area (Å²) in [4.78, 5) is 6.16. The second-order valence-electron chi connectivity index (χ2n) is 3.29. The van der Waals surface area contributed by atoms with Crippen molar-refractivity contribution < 1.29 is 0 Å². The third-order valence-electron chi connectivity index (χ3n) is 1.62. The zero-order chi connectivity index (χ0) is 9.14. The summed E-state index contributed by atoms with van der Waals surface area (Å²) in [5, 5.41) is 0. The van der Waals surface area contributed by atoms with Crippen LogP contribution in [0.15, 0.2) is 12.3 Å². The summed E-state index contributed by atoms with van der Waals surface area (Å²) in [6.45, 7) is 2.87. The molecule has 0 aliphatic heterocycles. The lowest BCUT2D eigenvalue weighted by molar-refractivity contribution is 0.402. The molecule has 66 valence electrons. The number of anilines is 1. The Bertz CT molecular complexity index is 268. The maximum atomic E-state index is 5.70. The highest BCUT2D eigenvalue weighted by Gasteiger charge is 2.01. The fourth-order valence-electron chi connectivity index (χ4n) is 1.11. The van der Waals surface area contributed by atoms with Gasteiger partial charge in [0.05, 0.1) is 0 Å². The van der Waals surface area contributed by atoms with Crippen LogP contribution >= 0.6 is 0 Å². The average Bonchev–Trinajstić information content (AvgIpc) is 1.96. The van der Waals surface area contributed by atoms with Crippen LogP contribution in [-0.2, 0) is 6.54 Å². The molecular formula is C9H15N3. The first-order valence-corrected chi connectivity index (χ1v) is 3.95. The van der Waals surface area contributed by atoms with Gasteiger partial charge in [-0.1, -0.05) is 0 Å². The summed E-state index contributed by atoms with van der Waals surface area (Å²) in [6.07, 6.45) is 1.79. The highest BCUT2D eigenvalue weighted by atomic mass is 15.1. The molecule has 3 heteroatoms. The predicted molar refractivity (Wildman–Crippen MR) is 50.8 cm³/mol. The summed E-state index contributed by atoms with van der Waals surface area (Å²) in [5.74, 6) is 0.634. The molecule has 1 aromatic heterocycles. The lowest BCUT2D eigenvalue weighted by Gasteiger charge is -2.11. The van der Waals surface area contributed by atoms with Gasteiger partial charge in [-0.15, -0.1) is 0 Å². The van der Waals surface area contributed by atoms with Crippen molar-refractivity contribution in [3.8, 4) is 0 Å². The van der Waals surface area contributed by atoms with Crippen LogP contribution in [0.1, 0.15) is 11.1 Å². The number of rotatable bonds is 2. The summed E-state index contributed by atoms with van der Waals surface area (Å²) >= 11 is 0. The highest BCUT2D eigenvalue weighted by molar-refractivity contribution is 5.40. The number of hydrogen-bond acceptors (Lipinski definition) is 3. The molecule has 0 aliphatic rings. The van der Waals surface area contributed by atoms with E-state index in [1.54, 1.807) is 6.20 Å². The van der Waals surface area contributed by atoms with Crippen LogP contribution in [0.3, 0.4) is 0 Å². The monoisotopic (exact) mass is 165 g/mol. The smallest absolute Gasteiger partial charge is 0.127 e. The fraction of sp³-hybridized carbons (Fsp3) is 0.444. The van der Waals surface area contributed by atoms with Gasteiger partial charge in [-0.25, -0.2) is 4.98 Å². The van der Waals surface area contributed by atoms with Gasteiger partial charge in [0.1, 0.15) is 5.82 Å². The van der Waals surface area contributed by atoms with Gasteiger partial charge in [-0.3, -0.25) is 0 Å². The summed E-state index contributed by atoms with van der Waals surface area (Å²) in [7, 11) is 4.03. The molecule has 1 aromatic rings. The zero-order valence-corrected chi connectivity index (χ0v) is 7.83. The van der Waals surface area contributed by atoms with Crippen molar-refractivity contribution in [1.29, 1.82) is 0 Å². The van der Waals surface area contributed by atoms with Gasteiger partial charge in [0.15, 0.2) is 0 Å². The third-order valence-corrected chi connectivity index (χ3v) is 1.62. The van der Waals surface area contributed by atoms with E-state index < -0.39 is 0 Å². The van der Waals surface area contributed by atoms with Crippen molar-refractivity contribution in [1.82, 2.24) is 9.88 Å². The molecule has 0 amide bonds. The van der Waals surface area contributed by atoms with Gasteiger partial charge < -0.3 is 10.6 Å². The Morgan fingerprint density at radius 3 is 2.75 bits per heavy atom. The Morgan fingerprint density at radius 2 is 2.17 bits per heavy atom. The summed E-state index contributed by atoms with van der Waals surface area (Å²) in [6, 6.07) is 2.07. The molecule has 0 aliphatic carbocycles. The SMILES string of the molecule is Cc1cnc(N)c(CN(C)C)c1. The Balaban J connectivity index is 2.90. The summed E-state index contributed by atoms with van der Waals surface area (Å²) < 4.78 is 0. The fourth-order valence-corrected chi connectivity index (χ4v) is 1.11. The molecule has 0 bridgehead atoms. The van der Waals surface area contributed by atoms with Gasteiger partial charge in [0.25, 0.3) is 0 Å². The van der Waals surface area contributed by atoms with Crippen molar-refractivity contribution in [3.05, 3.63) is 23.4 Å². The average molecular weight is 165 g/mol. The van der Waals surface area contributed by atoms with E-state index in [-0.39, 0.29) is 0 Å². The molecule has 0 fully saturated rings. The quantitative estimate of drug-likeness (QED) is 0.711. The zero-order valence-electron chi connectivity index (χ0n) is 7.83. The van der Waals surface area contributed by atoms with Gasteiger partial charge in [-0.05, 0) is 32.6 Å². The lowest BCUT2D eigenvalue weighted by Crippen LogP contribution is -2.13. The molecule has 1 rings (SSSR count). The Hall–Kier alpha value is -1.09. The Kier molecular flexibility index (Phi) is 2.65. The minimum absolute atomic E-state index is 0.634. The first kappa shape index (κ1) is 9.00. The highest BCUT2D eigenvalue weighted by Crippen LogP contribution is 2.11. The molecule has 0 saturated heterocycles. The van der Waals surface area contributed by atoms with Crippen molar-refractivity contribution in [3.63, 3.8) is 0 Å². The largest absolute Gasteiger partial charge is 0.383 e. The summed E-state index contributed by atoms with van der Waals surface area (Å²) in [5.41, 5.74) is 7.95. The second kappa shape index (κ2) is 3.54. The van der Waals surface area contributed by atoms with E-state index in [0.29, 0.717) is 5.82 Å². The molecule has 0 saturated carbocycles. The molecule has 0 spiro atoms. The molecule has 3 nitrogen and oxygen atoms in total. The molecule has 2 N–H and O–H groups in total. The van der Waals surface area contributed by atoms with Crippen LogP contribution in [0.25, 0.3) is 0 Å². The first-order valence-electron chi connectivity index (χ1n) is 3.95. The van der Waals surface area contributed by atoms with Crippen LogP contribution in [0, 0.1) is 6.92 Å². The number of nitrogens with zero attached hydrogens (tertiary/aromatic N) is 2. The minimum Gasteiger partial charge on any atom is -0.383 e. The molecule has 0 aromatic carbocycles. The Morgan fingerprint density at radius 1 is 1.50 bits per heavy atom. The predicted octanol–water partition coefficient (Wildman–Crippen LogP) is 1.03. The van der Waals surface area contributed by atoms with E-state index in [1.165, 1.54) is 0 Å². The van der Waals surface area contributed by atoms with Gasteiger partial charge in [0.2, 0.25) is 0 Å². The maximum Gasteiger partial charge on any atom is 0.127 e. The van der Waals surface area contributed by atoms with Gasteiger partial charge in [-0.2, -0.15) is 0 Å². The number of pyridine rings is 1. The number of nitrogens with two attached hydrogens (primary N) is 1. The van der Waals surface area contributed by atoms with Gasteiger partial charge >= 0.3 is 0 Å². The molecule has 0 atom stereocenters. The van der Waals surface area contributed by atoms with E-state index in [1.807, 2.05) is 21.0 Å². The standard InChI is InChI=1S/C9H15N3/c1-7-4-8(6-12(2)3)9(10)11-5-7/h4-5H,6H2,1-3H3,(H2,10,11). The molecule has 0 radical (unpaired) electrons. The third kappa shape index (κ3) is 2.20. The second-order valence-corrected chi connectivity index (χ2v) is 3.29. The van der Waals surface area contributed by atoms with E-state index >= 15 is 0 Å². The number of nitrogen functional groups attached to an aromatic ring is 1. The minimum atomic E-state index is 0.634.